The number of piperidine rings is 1. The summed E-state index contributed by atoms with van der Waals surface area (Å²) < 4.78 is 40.2. The molecule has 0 spiro atoms. The van der Waals surface area contributed by atoms with E-state index in [1.807, 2.05) is 29.0 Å². The van der Waals surface area contributed by atoms with Gasteiger partial charge in [0.05, 0.1) is 18.2 Å². The lowest BCUT2D eigenvalue weighted by atomic mass is 9.93. The van der Waals surface area contributed by atoms with Crippen LogP contribution in [0, 0.1) is 5.82 Å². The van der Waals surface area contributed by atoms with E-state index in [-0.39, 0.29) is 24.2 Å². The first-order valence-electron chi connectivity index (χ1n) is 10.4. The Morgan fingerprint density at radius 2 is 1.94 bits per heavy atom. The monoisotopic (exact) mass is 428 g/mol. The number of benzene rings is 2. The number of carbonyl (C=O) groups excluding carboxylic acids is 1. The molecule has 5 nitrogen and oxygen atoms in total. The maximum absolute atomic E-state index is 14.2. The molecular formula is C24H26F2N2O3. The summed E-state index contributed by atoms with van der Waals surface area (Å²) in [6.07, 6.45) is 1.98. The first-order valence-corrected chi connectivity index (χ1v) is 10.4. The van der Waals surface area contributed by atoms with Gasteiger partial charge in [-0.3, -0.25) is 4.79 Å². The van der Waals surface area contributed by atoms with Crippen LogP contribution in [0.2, 0.25) is 0 Å². The van der Waals surface area contributed by atoms with Crippen LogP contribution < -0.4 is 4.74 Å². The molecule has 31 heavy (non-hydrogen) atoms. The highest BCUT2D eigenvalue weighted by Crippen LogP contribution is 2.31. The van der Waals surface area contributed by atoms with E-state index in [2.05, 4.69) is 0 Å². The lowest BCUT2D eigenvalue weighted by Crippen LogP contribution is -2.47. The number of amides is 1. The third-order valence-corrected chi connectivity index (χ3v) is 5.89. The molecule has 0 N–H and O–H groups in total. The van der Waals surface area contributed by atoms with E-state index < -0.39 is 6.17 Å². The Kier molecular flexibility index (Phi) is 6.23. The molecule has 1 aliphatic rings. The third kappa shape index (κ3) is 4.42. The number of aromatic nitrogens is 1. The number of halogens is 2. The van der Waals surface area contributed by atoms with E-state index in [4.69, 9.17) is 9.47 Å². The first kappa shape index (κ1) is 21.3. The summed E-state index contributed by atoms with van der Waals surface area (Å²) >= 11 is 0. The van der Waals surface area contributed by atoms with E-state index in [0.29, 0.717) is 37.4 Å². The van der Waals surface area contributed by atoms with Gasteiger partial charge in [-0.2, -0.15) is 0 Å². The molecule has 1 aliphatic heterocycles. The number of hydrogen-bond donors (Lipinski definition) is 0. The van der Waals surface area contributed by atoms with Crippen LogP contribution in [0.1, 0.15) is 28.8 Å². The molecule has 164 valence electrons. The lowest BCUT2D eigenvalue weighted by molar-refractivity contribution is 0.0504. The lowest BCUT2D eigenvalue weighted by Gasteiger charge is -2.37. The molecular weight excluding hydrogens is 402 g/mol. The minimum atomic E-state index is -0.957. The predicted octanol–water partition coefficient (Wildman–Crippen LogP) is 4.58. The Balaban J connectivity index is 1.65. The molecule has 1 amide bonds. The Hall–Kier alpha value is -2.93. The molecule has 1 aromatic heterocycles. The van der Waals surface area contributed by atoms with Gasteiger partial charge in [0.25, 0.3) is 5.91 Å². The molecule has 0 aliphatic carbocycles. The fraction of sp³-hybridized carbons (Fsp3) is 0.375. The van der Waals surface area contributed by atoms with Crippen LogP contribution in [0.3, 0.4) is 0 Å². The summed E-state index contributed by atoms with van der Waals surface area (Å²) in [6, 6.07) is 11.4. The van der Waals surface area contributed by atoms with Crippen molar-refractivity contribution in [2.24, 2.45) is 0 Å². The molecule has 4 rings (SSSR count). The van der Waals surface area contributed by atoms with Crippen molar-refractivity contribution >= 4 is 16.8 Å². The Morgan fingerprint density at radius 3 is 2.65 bits per heavy atom. The maximum atomic E-state index is 14.2. The number of ether oxygens (including phenoxy) is 2. The van der Waals surface area contributed by atoms with Crippen molar-refractivity contribution in [3.05, 3.63) is 65.6 Å². The molecule has 2 unspecified atom stereocenters. The molecule has 1 fully saturated rings. The summed E-state index contributed by atoms with van der Waals surface area (Å²) in [5.41, 5.74) is 2.23. The van der Waals surface area contributed by atoms with Gasteiger partial charge in [0.1, 0.15) is 24.5 Å². The van der Waals surface area contributed by atoms with Gasteiger partial charge in [0, 0.05) is 37.3 Å². The van der Waals surface area contributed by atoms with E-state index in [1.165, 1.54) is 19.2 Å². The molecule has 2 aromatic carbocycles. The second-order valence-corrected chi connectivity index (χ2v) is 7.92. The highest BCUT2D eigenvalue weighted by Gasteiger charge is 2.33. The number of nitrogens with zero attached hydrogens (tertiary/aromatic N) is 2. The number of hydrogen-bond acceptors (Lipinski definition) is 3. The van der Waals surface area contributed by atoms with Crippen LogP contribution in [0.4, 0.5) is 8.78 Å². The highest BCUT2D eigenvalue weighted by molar-refractivity contribution is 6.01. The van der Waals surface area contributed by atoms with Crippen LogP contribution in [0.25, 0.3) is 10.9 Å². The summed E-state index contributed by atoms with van der Waals surface area (Å²) in [4.78, 5) is 15.3. The van der Waals surface area contributed by atoms with Crippen molar-refractivity contribution < 1.29 is 23.0 Å². The minimum absolute atomic E-state index is 0.183. The Labute approximate surface area is 180 Å². The van der Waals surface area contributed by atoms with Gasteiger partial charge < -0.3 is 18.9 Å². The van der Waals surface area contributed by atoms with Gasteiger partial charge in [-0.1, -0.05) is 12.1 Å². The van der Waals surface area contributed by atoms with Gasteiger partial charge in [-0.15, -0.1) is 0 Å². The van der Waals surface area contributed by atoms with Crippen molar-refractivity contribution in [3.8, 4) is 5.75 Å². The molecule has 0 bridgehead atoms. The fourth-order valence-corrected chi connectivity index (χ4v) is 4.32. The van der Waals surface area contributed by atoms with E-state index in [9.17, 15) is 13.6 Å². The summed E-state index contributed by atoms with van der Waals surface area (Å²) in [6.45, 7) is 0.724. The number of likely N-dealkylation sites (tertiary alicyclic amines) is 1. The van der Waals surface area contributed by atoms with Crippen LogP contribution in [-0.4, -0.2) is 48.4 Å². The molecule has 7 heteroatoms. The third-order valence-electron chi connectivity index (χ3n) is 5.89. The first-order chi connectivity index (χ1) is 15.0. The van der Waals surface area contributed by atoms with Gasteiger partial charge in [0.15, 0.2) is 0 Å². The smallest absolute Gasteiger partial charge is 0.257 e. The predicted molar refractivity (Wildman–Crippen MR) is 115 cm³/mol. The van der Waals surface area contributed by atoms with Crippen molar-refractivity contribution in [1.82, 2.24) is 9.47 Å². The van der Waals surface area contributed by atoms with Crippen LogP contribution in [0.5, 0.6) is 5.75 Å². The number of alkyl halides is 1. The summed E-state index contributed by atoms with van der Waals surface area (Å²) in [5.74, 6) is -0.0316. The van der Waals surface area contributed by atoms with Crippen LogP contribution >= 0.6 is 0 Å². The average Bonchev–Trinajstić information content (AvgIpc) is 3.16. The standard InChI is InChI=1S/C24H26F2N2O3/c1-30-15-27-9-7-17-12-21(23(31-2)14-22(17)27)24(29)28-10-8-19(26)13-20(28)11-16-3-5-18(25)6-4-16/h3-7,9,12,14,19-20H,8,10-11,13,15H2,1-2H3. The number of methoxy groups -OCH3 is 2. The van der Waals surface area contributed by atoms with E-state index >= 15 is 0 Å². The second-order valence-electron chi connectivity index (χ2n) is 7.92. The van der Waals surface area contributed by atoms with Crippen molar-refractivity contribution in [1.29, 1.82) is 0 Å². The van der Waals surface area contributed by atoms with Gasteiger partial charge in [-0.05, 0) is 49.1 Å². The Morgan fingerprint density at radius 1 is 1.16 bits per heavy atom. The Bertz CT molecular complexity index is 1060. The number of rotatable bonds is 6. The largest absolute Gasteiger partial charge is 0.496 e. The second kappa shape index (κ2) is 9.06. The van der Waals surface area contributed by atoms with Crippen molar-refractivity contribution in [2.45, 2.75) is 38.2 Å². The quantitative estimate of drug-likeness (QED) is 0.577. The zero-order chi connectivity index (χ0) is 22.0. The van der Waals surface area contributed by atoms with Crippen molar-refractivity contribution in [2.75, 3.05) is 20.8 Å². The normalized spacial score (nSPS) is 19.0. The van der Waals surface area contributed by atoms with E-state index in [0.717, 1.165) is 16.5 Å². The molecule has 2 atom stereocenters. The number of fused-ring (bicyclic) bond motifs is 1. The van der Waals surface area contributed by atoms with Gasteiger partial charge in [0.2, 0.25) is 0 Å². The van der Waals surface area contributed by atoms with Crippen LogP contribution in [-0.2, 0) is 17.9 Å². The highest BCUT2D eigenvalue weighted by atomic mass is 19.1. The average molecular weight is 428 g/mol. The SMILES string of the molecule is COCn1ccc2cc(C(=O)N3CCC(F)CC3Cc3ccc(F)cc3)c(OC)cc21. The van der Waals surface area contributed by atoms with Gasteiger partial charge in [-0.25, -0.2) is 8.78 Å². The molecule has 2 heterocycles. The molecule has 0 radical (unpaired) electrons. The topological polar surface area (TPSA) is 43.7 Å². The maximum Gasteiger partial charge on any atom is 0.257 e. The van der Waals surface area contributed by atoms with Gasteiger partial charge >= 0.3 is 0 Å². The molecule has 3 aromatic rings. The molecule has 1 saturated heterocycles. The zero-order valence-electron chi connectivity index (χ0n) is 17.7. The van der Waals surface area contributed by atoms with E-state index in [1.54, 1.807) is 24.1 Å². The summed E-state index contributed by atoms with van der Waals surface area (Å²) in [5, 5.41) is 0.900. The van der Waals surface area contributed by atoms with Crippen LogP contribution in [0.15, 0.2) is 48.7 Å². The minimum Gasteiger partial charge on any atom is -0.496 e. The summed E-state index contributed by atoms with van der Waals surface area (Å²) in [7, 11) is 3.15. The fourth-order valence-electron chi connectivity index (χ4n) is 4.32. The molecule has 0 saturated carbocycles. The number of carbonyl (C=O) groups is 1. The van der Waals surface area contributed by atoms with Crippen molar-refractivity contribution in [3.63, 3.8) is 0 Å². The zero-order valence-corrected chi connectivity index (χ0v) is 17.7.